The Morgan fingerprint density at radius 1 is 1.08 bits per heavy atom. The van der Waals surface area contributed by atoms with Crippen molar-refractivity contribution >= 4 is 23.2 Å². The molecule has 1 aliphatic rings. The lowest BCUT2D eigenvalue weighted by Gasteiger charge is -2.33. The van der Waals surface area contributed by atoms with Crippen molar-refractivity contribution in [2.75, 3.05) is 23.4 Å². The minimum Gasteiger partial charge on any atom is -0.381 e. The lowest BCUT2D eigenvalue weighted by Crippen LogP contribution is -2.42. The molecule has 26 heavy (non-hydrogen) atoms. The fourth-order valence-electron chi connectivity index (χ4n) is 3.29. The van der Waals surface area contributed by atoms with Gasteiger partial charge in [-0.3, -0.25) is 9.59 Å². The highest BCUT2D eigenvalue weighted by Gasteiger charge is 2.24. The third kappa shape index (κ3) is 4.29. The minimum atomic E-state index is -0.144. The Balaban J connectivity index is 1.72. The third-order valence-electron chi connectivity index (χ3n) is 4.58. The van der Waals surface area contributed by atoms with Crippen LogP contribution >= 0.6 is 0 Å². The number of carbonyl (C=O) groups is 2. The maximum atomic E-state index is 12.4. The van der Waals surface area contributed by atoms with Gasteiger partial charge in [0.25, 0.3) is 5.91 Å². The van der Waals surface area contributed by atoms with E-state index in [1.807, 2.05) is 54.3 Å². The molecule has 1 saturated heterocycles. The van der Waals surface area contributed by atoms with E-state index in [9.17, 15) is 9.59 Å². The molecule has 1 fully saturated rings. The maximum Gasteiger partial charge on any atom is 0.255 e. The topological polar surface area (TPSA) is 58.6 Å². The SMILES string of the molecule is CC(=O)N(c1ccc(NC(=O)c2cccc(C)c2)cc1)C1CCOCC1. The Hall–Kier alpha value is -2.66. The number of anilines is 2. The first-order chi connectivity index (χ1) is 12.5. The van der Waals surface area contributed by atoms with Gasteiger partial charge in [-0.05, 0) is 56.2 Å². The molecule has 0 unspecified atom stereocenters. The van der Waals surface area contributed by atoms with Gasteiger partial charge < -0.3 is 15.0 Å². The zero-order chi connectivity index (χ0) is 18.5. The summed E-state index contributed by atoms with van der Waals surface area (Å²) < 4.78 is 5.39. The number of nitrogens with zero attached hydrogens (tertiary/aromatic N) is 1. The molecular weight excluding hydrogens is 328 g/mol. The van der Waals surface area contributed by atoms with Crippen LogP contribution in [0.1, 0.15) is 35.7 Å². The molecule has 0 aromatic heterocycles. The van der Waals surface area contributed by atoms with Crippen molar-refractivity contribution in [3.63, 3.8) is 0 Å². The predicted molar refractivity (Wildman–Crippen MR) is 103 cm³/mol. The van der Waals surface area contributed by atoms with Crippen molar-refractivity contribution in [2.24, 2.45) is 0 Å². The van der Waals surface area contributed by atoms with E-state index in [2.05, 4.69) is 5.32 Å². The summed E-state index contributed by atoms with van der Waals surface area (Å²) in [6.07, 6.45) is 1.68. The molecule has 3 rings (SSSR count). The summed E-state index contributed by atoms with van der Waals surface area (Å²) in [5, 5.41) is 2.90. The second-order valence-electron chi connectivity index (χ2n) is 6.60. The molecule has 2 aromatic carbocycles. The van der Waals surface area contributed by atoms with E-state index in [0.29, 0.717) is 24.5 Å². The Labute approximate surface area is 154 Å². The van der Waals surface area contributed by atoms with Crippen LogP contribution in [0.3, 0.4) is 0 Å². The first-order valence-electron chi connectivity index (χ1n) is 8.90. The molecule has 1 aliphatic heterocycles. The van der Waals surface area contributed by atoms with Gasteiger partial charge in [0.15, 0.2) is 0 Å². The smallest absolute Gasteiger partial charge is 0.255 e. The quantitative estimate of drug-likeness (QED) is 0.911. The minimum absolute atomic E-state index is 0.0217. The zero-order valence-corrected chi connectivity index (χ0v) is 15.2. The second kappa shape index (κ2) is 8.15. The second-order valence-corrected chi connectivity index (χ2v) is 6.60. The van der Waals surface area contributed by atoms with E-state index in [-0.39, 0.29) is 17.9 Å². The summed E-state index contributed by atoms with van der Waals surface area (Å²) in [4.78, 5) is 26.3. The molecule has 0 saturated carbocycles. The summed E-state index contributed by atoms with van der Waals surface area (Å²) in [5.41, 5.74) is 3.22. The Morgan fingerprint density at radius 3 is 2.38 bits per heavy atom. The Bertz CT molecular complexity index is 780. The summed E-state index contributed by atoms with van der Waals surface area (Å²) in [6, 6.07) is 15.0. The molecule has 5 heteroatoms. The summed E-state index contributed by atoms with van der Waals surface area (Å²) in [7, 11) is 0. The van der Waals surface area contributed by atoms with Gasteiger partial charge in [-0.25, -0.2) is 0 Å². The molecule has 0 radical (unpaired) electrons. The monoisotopic (exact) mass is 352 g/mol. The first-order valence-corrected chi connectivity index (χ1v) is 8.90. The van der Waals surface area contributed by atoms with Gasteiger partial charge in [0.05, 0.1) is 0 Å². The van der Waals surface area contributed by atoms with Crippen LogP contribution in [-0.4, -0.2) is 31.1 Å². The summed E-state index contributed by atoms with van der Waals surface area (Å²) >= 11 is 0. The van der Waals surface area contributed by atoms with Crippen LogP contribution in [0.2, 0.25) is 0 Å². The molecule has 1 N–H and O–H groups in total. The van der Waals surface area contributed by atoms with E-state index in [1.165, 1.54) is 0 Å². The van der Waals surface area contributed by atoms with Gasteiger partial charge in [0, 0.05) is 43.1 Å². The van der Waals surface area contributed by atoms with Gasteiger partial charge in [0.2, 0.25) is 5.91 Å². The van der Waals surface area contributed by atoms with Gasteiger partial charge in [-0.2, -0.15) is 0 Å². The van der Waals surface area contributed by atoms with Crippen LogP contribution in [0.15, 0.2) is 48.5 Å². The van der Waals surface area contributed by atoms with Crippen LogP contribution < -0.4 is 10.2 Å². The lowest BCUT2D eigenvalue weighted by molar-refractivity contribution is -0.117. The number of hydrogen-bond donors (Lipinski definition) is 1. The maximum absolute atomic E-state index is 12.4. The largest absolute Gasteiger partial charge is 0.381 e. The van der Waals surface area contributed by atoms with Crippen LogP contribution in [0.25, 0.3) is 0 Å². The highest BCUT2D eigenvalue weighted by molar-refractivity contribution is 6.04. The van der Waals surface area contributed by atoms with E-state index in [1.54, 1.807) is 13.0 Å². The normalized spacial score (nSPS) is 14.7. The Kier molecular flexibility index (Phi) is 5.68. The molecule has 1 heterocycles. The summed E-state index contributed by atoms with van der Waals surface area (Å²) in [6.45, 7) is 4.90. The zero-order valence-electron chi connectivity index (χ0n) is 15.2. The predicted octanol–water partition coefficient (Wildman–Crippen LogP) is 3.78. The number of rotatable bonds is 4. The molecular formula is C21H24N2O3. The molecule has 0 aliphatic carbocycles. The fourth-order valence-corrected chi connectivity index (χ4v) is 3.29. The van der Waals surface area contributed by atoms with E-state index in [4.69, 9.17) is 4.74 Å². The lowest BCUT2D eigenvalue weighted by atomic mass is 10.1. The molecule has 136 valence electrons. The number of benzene rings is 2. The summed E-state index contributed by atoms with van der Waals surface area (Å²) in [5.74, 6) is -0.122. The van der Waals surface area contributed by atoms with Crippen molar-refractivity contribution in [2.45, 2.75) is 32.7 Å². The van der Waals surface area contributed by atoms with Crippen LogP contribution in [0, 0.1) is 6.92 Å². The number of carbonyl (C=O) groups excluding carboxylic acids is 2. The van der Waals surface area contributed by atoms with Crippen LogP contribution in [0.5, 0.6) is 0 Å². The van der Waals surface area contributed by atoms with Crippen LogP contribution in [0.4, 0.5) is 11.4 Å². The van der Waals surface area contributed by atoms with Crippen LogP contribution in [-0.2, 0) is 9.53 Å². The van der Waals surface area contributed by atoms with Crippen molar-refractivity contribution in [3.05, 3.63) is 59.7 Å². The van der Waals surface area contributed by atoms with Gasteiger partial charge in [-0.15, -0.1) is 0 Å². The number of aryl methyl sites for hydroxylation is 1. The number of amides is 2. The first kappa shape index (κ1) is 18.1. The molecule has 0 atom stereocenters. The van der Waals surface area contributed by atoms with Gasteiger partial charge in [-0.1, -0.05) is 17.7 Å². The number of hydrogen-bond acceptors (Lipinski definition) is 3. The third-order valence-corrected chi connectivity index (χ3v) is 4.58. The molecule has 2 aromatic rings. The van der Waals surface area contributed by atoms with Crippen molar-refractivity contribution < 1.29 is 14.3 Å². The van der Waals surface area contributed by atoms with Gasteiger partial charge in [0.1, 0.15) is 0 Å². The standard InChI is InChI=1S/C21H24N2O3/c1-15-4-3-5-17(14-15)21(25)22-18-6-8-19(9-7-18)23(16(2)24)20-10-12-26-13-11-20/h3-9,14,20H,10-13H2,1-2H3,(H,22,25). The average molecular weight is 352 g/mol. The average Bonchev–Trinajstić information content (AvgIpc) is 2.64. The Morgan fingerprint density at radius 2 is 1.77 bits per heavy atom. The van der Waals surface area contributed by atoms with E-state index >= 15 is 0 Å². The van der Waals surface area contributed by atoms with Crippen molar-refractivity contribution in [3.8, 4) is 0 Å². The molecule has 2 amide bonds. The van der Waals surface area contributed by atoms with Gasteiger partial charge >= 0.3 is 0 Å². The van der Waals surface area contributed by atoms with E-state index < -0.39 is 0 Å². The number of nitrogens with one attached hydrogen (secondary N) is 1. The molecule has 5 nitrogen and oxygen atoms in total. The number of ether oxygens (including phenoxy) is 1. The highest BCUT2D eigenvalue weighted by atomic mass is 16.5. The van der Waals surface area contributed by atoms with E-state index in [0.717, 1.165) is 24.1 Å². The van der Waals surface area contributed by atoms with Crippen molar-refractivity contribution in [1.82, 2.24) is 0 Å². The van der Waals surface area contributed by atoms with Crippen molar-refractivity contribution in [1.29, 1.82) is 0 Å². The fraction of sp³-hybridized carbons (Fsp3) is 0.333. The molecule has 0 bridgehead atoms. The molecule has 0 spiro atoms. The highest BCUT2D eigenvalue weighted by Crippen LogP contribution is 2.25.